The zero-order valence-electron chi connectivity index (χ0n) is 7.25. The number of alkyl halides is 4. The van der Waals surface area contributed by atoms with Gasteiger partial charge in [0.15, 0.2) is 0 Å². The molecular weight excluding hydrogens is 325 g/mol. The standard InChI is InChI=1S/C9H7Br2F3/c1-5-2-7(9(12,13)14)8(11)3-6(5)4-10/h2-3H,4H2,1H3. The van der Waals surface area contributed by atoms with Gasteiger partial charge in [0.25, 0.3) is 0 Å². The normalized spacial score (nSPS) is 11.9. The predicted octanol–water partition coefficient (Wildman–Crippen LogP) is 4.67. The Morgan fingerprint density at radius 3 is 2.29 bits per heavy atom. The first-order chi connectivity index (χ1) is 6.36. The smallest absolute Gasteiger partial charge is 0.166 e. The molecule has 0 nitrogen and oxygen atoms in total. The van der Waals surface area contributed by atoms with Crippen LogP contribution >= 0.6 is 31.9 Å². The fraction of sp³-hybridized carbons (Fsp3) is 0.333. The van der Waals surface area contributed by atoms with Crippen molar-refractivity contribution in [1.82, 2.24) is 0 Å². The molecule has 1 aromatic carbocycles. The quantitative estimate of drug-likeness (QED) is 0.656. The molecule has 0 fully saturated rings. The van der Waals surface area contributed by atoms with Gasteiger partial charge in [0.2, 0.25) is 0 Å². The van der Waals surface area contributed by atoms with Crippen molar-refractivity contribution in [2.45, 2.75) is 18.4 Å². The van der Waals surface area contributed by atoms with E-state index in [1.54, 1.807) is 6.92 Å². The van der Waals surface area contributed by atoms with Crippen LogP contribution in [0.5, 0.6) is 0 Å². The lowest BCUT2D eigenvalue weighted by Gasteiger charge is -2.12. The van der Waals surface area contributed by atoms with Gasteiger partial charge in [-0.1, -0.05) is 31.9 Å². The van der Waals surface area contributed by atoms with E-state index in [4.69, 9.17) is 0 Å². The molecule has 0 spiro atoms. The molecule has 78 valence electrons. The lowest BCUT2D eigenvalue weighted by molar-refractivity contribution is -0.138. The highest BCUT2D eigenvalue weighted by atomic mass is 79.9. The van der Waals surface area contributed by atoms with Gasteiger partial charge in [0.05, 0.1) is 5.56 Å². The maximum absolute atomic E-state index is 12.4. The first kappa shape index (κ1) is 12.0. The van der Waals surface area contributed by atoms with Crippen LogP contribution in [0.25, 0.3) is 0 Å². The summed E-state index contributed by atoms with van der Waals surface area (Å²) in [5.74, 6) is 0. The number of halogens is 5. The molecule has 1 aromatic rings. The van der Waals surface area contributed by atoms with Crippen LogP contribution < -0.4 is 0 Å². The van der Waals surface area contributed by atoms with E-state index >= 15 is 0 Å². The third kappa shape index (κ3) is 2.51. The Labute approximate surface area is 96.8 Å². The summed E-state index contributed by atoms with van der Waals surface area (Å²) in [6.07, 6.45) is -4.30. The van der Waals surface area contributed by atoms with Crippen molar-refractivity contribution < 1.29 is 13.2 Å². The Morgan fingerprint density at radius 1 is 1.29 bits per heavy atom. The van der Waals surface area contributed by atoms with Gasteiger partial charge < -0.3 is 0 Å². The van der Waals surface area contributed by atoms with Crippen molar-refractivity contribution in [3.05, 3.63) is 33.3 Å². The third-order valence-corrected chi connectivity index (χ3v) is 3.14. The van der Waals surface area contributed by atoms with Gasteiger partial charge in [-0.05, 0) is 30.2 Å². The van der Waals surface area contributed by atoms with Crippen molar-refractivity contribution >= 4 is 31.9 Å². The summed E-state index contributed by atoms with van der Waals surface area (Å²) in [5.41, 5.74) is 0.863. The number of benzene rings is 1. The number of rotatable bonds is 1. The topological polar surface area (TPSA) is 0 Å². The minimum atomic E-state index is -4.30. The Hall–Kier alpha value is -0.0300. The second-order valence-electron chi connectivity index (χ2n) is 2.89. The highest BCUT2D eigenvalue weighted by Crippen LogP contribution is 2.36. The fourth-order valence-corrected chi connectivity index (χ4v) is 2.30. The van der Waals surface area contributed by atoms with Crippen molar-refractivity contribution in [2.24, 2.45) is 0 Å². The molecule has 0 atom stereocenters. The molecule has 0 aliphatic rings. The molecule has 0 amide bonds. The average Bonchev–Trinajstić information content (AvgIpc) is 2.06. The number of aryl methyl sites for hydroxylation is 1. The van der Waals surface area contributed by atoms with E-state index in [1.165, 1.54) is 6.07 Å². The average molecular weight is 332 g/mol. The number of hydrogen-bond donors (Lipinski definition) is 0. The van der Waals surface area contributed by atoms with Gasteiger partial charge >= 0.3 is 6.18 Å². The third-order valence-electron chi connectivity index (χ3n) is 1.87. The Balaban J connectivity index is 3.29. The van der Waals surface area contributed by atoms with Gasteiger partial charge in [0.1, 0.15) is 0 Å². The molecule has 0 aromatic heterocycles. The summed E-state index contributed by atoms with van der Waals surface area (Å²) in [7, 11) is 0. The van der Waals surface area contributed by atoms with E-state index in [-0.39, 0.29) is 4.47 Å². The minimum absolute atomic E-state index is 0.0880. The van der Waals surface area contributed by atoms with E-state index in [2.05, 4.69) is 31.9 Å². The number of hydrogen-bond acceptors (Lipinski definition) is 0. The van der Waals surface area contributed by atoms with Gasteiger partial charge in [-0.2, -0.15) is 13.2 Å². The SMILES string of the molecule is Cc1cc(C(F)(F)F)c(Br)cc1CBr. The van der Waals surface area contributed by atoms with Crippen LogP contribution in [0.15, 0.2) is 16.6 Å². The van der Waals surface area contributed by atoms with Gasteiger partial charge in [0, 0.05) is 9.80 Å². The van der Waals surface area contributed by atoms with Crippen LogP contribution in [0, 0.1) is 6.92 Å². The Morgan fingerprint density at radius 2 is 1.86 bits per heavy atom. The second-order valence-corrected chi connectivity index (χ2v) is 4.31. The predicted molar refractivity (Wildman–Crippen MR) is 56.5 cm³/mol. The maximum atomic E-state index is 12.4. The van der Waals surface area contributed by atoms with E-state index in [0.717, 1.165) is 11.6 Å². The lowest BCUT2D eigenvalue weighted by atomic mass is 10.1. The summed E-state index contributed by atoms with van der Waals surface area (Å²) in [6.45, 7) is 1.66. The molecule has 0 heterocycles. The summed E-state index contributed by atoms with van der Waals surface area (Å²) < 4.78 is 37.4. The van der Waals surface area contributed by atoms with Crippen molar-refractivity contribution in [3.63, 3.8) is 0 Å². The first-order valence-corrected chi connectivity index (χ1v) is 5.70. The minimum Gasteiger partial charge on any atom is -0.166 e. The Bertz CT molecular complexity index is 345. The molecule has 0 unspecified atom stereocenters. The van der Waals surface area contributed by atoms with Crippen molar-refractivity contribution in [1.29, 1.82) is 0 Å². The molecule has 1 rings (SSSR count). The molecule has 0 saturated carbocycles. The summed E-state index contributed by atoms with van der Waals surface area (Å²) in [4.78, 5) is 0. The van der Waals surface area contributed by atoms with Crippen LogP contribution in [0.4, 0.5) is 13.2 Å². The van der Waals surface area contributed by atoms with Crippen molar-refractivity contribution in [3.8, 4) is 0 Å². The molecule has 0 bridgehead atoms. The largest absolute Gasteiger partial charge is 0.417 e. The van der Waals surface area contributed by atoms with Gasteiger partial charge in [-0.15, -0.1) is 0 Å². The lowest BCUT2D eigenvalue weighted by Crippen LogP contribution is -2.07. The van der Waals surface area contributed by atoms with E-state index < -0.39 is 11.7 Å². The van der Waals surface area contributed by atoms with Crippen LogP contribution in [-0.2, 0) is 11.5 Å². The van der Waals surface area contributed by atoms with Crippen LogP contribution in [0.2, 0.25) is 0 Å². The molecule has 5 heteroatoms. The zero-order valence-corrected chi connectivity index (χ0v) is 10.4. The molecule has 0 saturated heterocycles. The zero-order chi connectivity index (χ0) is 10.9. The monoisotopic (exact) mass is 330 g/mol. The van der Waals surface area contributed by atoms with E-state index in [0.29, 0.717) is 10.9 Å². The first-order valence-electron chi connectivity index (χ1n) is 3.78. The molecule has 14 heavy (non-hydrogen) atoms. The maximum Gasteiger partial charge on any atom is 0.417 e. The molecule has 0 aliphatic carbocycles. The van der Waals surface area contributed by atoms with E-state index in [1.807, 2.05) is 0 Å². The highest BCUT2D eigenvalue weighted by Gasteiger charge is 2.33. The van der Waals surface area contributed by atoms with Crippen LogP contribution in [0.3, 0.4) is 0 Å². The van der Waals surface area contributed by atoms with Crippen LogP contribution in [0.1, 0.15) is 16.7 Å². The van der Waals surface area contributed by atoms with Crippen LogP contribution in [-0.4, -0.2) is 0 Å². The van der Waals surface area contributed by atoms with Crippen molar-refractivity contribution in [2.75, 3.05) is 0 Å². The van der Waals surface area contributed by atoms with E-state index in [9.17, 15) is 13.2 Å². The van der Waals surface area contributed by atoms with Gasteiger partial charge in [-0.25, -0.2) is 0 Å². The summed E-state index contributed by atoms with van der Waals surface area (Å²) in [6, 6.07) is 2.65. The molecule has 0 aliphatic heterocycles. The highest BCUT2D eigenvalue weighted by molar-refractivity contribution is 9.10. The molecule has 0 N–H and O–H groups in total. The van der Waals surface area contributed by atoms with Gasteiger partial charge in [-0.3, -0.25) is 0 Å². The summed E-state index contributed by atoms with van der Waals surface area (Å²) in [5, 5.41) is 0.551. The molecule has 0 radical (unpaired) electrons. The molecular formula is C9H7Br2F3. The Kier molecular flexibility index (Phi) is 3.63. The summed E-state index contributed by atoms with van der Waals surface area (Å²) >= 11 is 6.13. The fourth-order valence-electron chi connectivity index (χ4n) is 1.08. The second kappa shape index (κ2) is 4.23.